The van der Waals surface area contributed by atoms with E-state index in [4.69, 9.17) is 5.11 Å². The van der Waals surface area contributed by atoms with E-state index in [0.717, 1.165) is 19.3 Å². The molecule has 3 fully saturated rings. The van der Waals surface area contributed by atoms with Crippen LogP contribution in [0.5, 0.6) is 0 Å². The summed E-state index contributed by atoms with van der Waals surface area (Å²) in [5.41, 5.74) is 0. The van der Waals surface area contributed by atoms with Crippen LogP contribution < -0.4 is 0 Å². The van der Waals surface area contributed by atoms with Crippen LogP contribution in [-0.4, -0.2) is 34.3 Å². The van der Waals surface area contributed by atoms with E-state index in [-0.39, 0.29) is 36.6 Å². The van der Waals surface area contributed by atoms with Crippen LogP contribution in [0.2, 0.25) is 0 Å². The number of nitrogens with zero attached hydrogens (tertiary/aromatic N) is 1. The fourth-order valence-corrected chi connectivity index (χ4v) is 3.90. The summed E-state index contributed by atoms with van der Waals surface area (Å²) >= 11 is 0. The van der Waals surface area contributed by atoms with Gasteiger partial charge in [0.05, 0.1) is 18.3 Å². The number of hydrogen-bond acceptors (Lipinski definition) is 3. The fraction of sp³-hybridized carbons (Fsp3) is 0.750. The zero-order valence-corrected chi connectivity index (χ0v) is 9.46. The Morgan fingerprint density at radius 1 is 1.18 bits per heavy atom. The summed E-state index contributed by atoms with van der Waals surface area (Å²) in [7, 11) is 0. The number of fused-ring (bicyclic) bond motifs is 5. The Bertz CT molecular complexity index is 377. The number of rotatable bonds is 3. The van der Waals surface area contributed by atoms with Crippen LogP contribution in [0.15, 0.2) is 0 Å². The summed E-state index contributed by atoms with van der Waals surface area (Å²) < 4.78 is 0. The highest BCUT2D eigenvalue weighted by atomic mass is 16.4. The van der Waals surface area contributed by atoms with Crippen LogP contribution in [0.1, 0.15) is 25.7 Å². The van der Waals surface area contributed by atoms with Gasteiger partial charge in [0, 0.05) is 6.54 Å². The summed E-state index contributed by atoms with van der Waals surface area (Å²) in [6.45, 7) is 0.0411. The van der Waals surface area contributed by atoms with Crippen LogP contribution in [0, 0.1) is 23.7 Å². The van der Waals surface area contributed by atoms with E-state index in [1.54, 1.807) is 0 Å². The van der Waals surface area contributed by atoms with E-state index in [1.165, 1.54) is 4.90 Å². The molecule has 0 aromatic rings. The largest absolute Gasteiger partial charge is 0.481 e. The van der Waals surface area contributed by atoms with Gasteiger partial charge in [0.2, 0.25) is 11.8 Å². The molecular weight excluding hydrogens is 222 g/mol. The van der Waals surface area contributed by atoms with Crippen LogP contribution in [0.25, 0.3) is 0 Å². The normalized spacial score (nSPS) is 38.9. The summed E-state index contributed by atoms with van der Waals surface area (Å²) in [5.74, 6) is -0.717. The van der Waals surface area contributed by atoms with E-state index in [1.807, 2.05) is 0 Å². The van der Waals surface area contributed by atoms with Crippen molar-refractivity contribution in [1.29, 1.82) is 0 Å². The lowest BCUT2D eigenvalue weighted by atomic mass is 9.81. The predicted molar refractivity (Wildman–Crippen MR) is 56.8 cm³/mol. The lowest BCUT2D eigenvalue weighted by Crippen LogP contribution is -2.34. The average molecular weight is 237 g/mol. The molecule has 1 N–H and O–H groups in total. The standard InChI is InChI=1S/C12H15NO4/c14-8(15)3-4-13-11(16)9-6-1-2-7(5-6)10(9)12(13)17/h6-7,9-10H,1-5H2,(H,14,15). The highest BCUT2D eigenvalue weighted by Gasteiger charge is 2.60. The zero-order chi connectivity index (χ0) is 12.2. The first-order chi connectivity index (χ1) is 8.09. The Kier molecular flexibility index (Phi) is 2.24. The topological polar surface area (TPSA) is 74.7 Å². The number of carboxylic acid groups (broad SMARTS) is 1. The second-order valence-electron chi connectivity index (χ2n) is 5.36. The summed E-state index contributed by atoms with van der Waals surface area (Å²) in [4.78, 5) is 35.9. The molecule has 17 heavy (non-hydrogen) atoms. The van der Waals surface area contributed by atoms with E-state index >= 15 is 0 Å². The first-order valence-corrected chi connectivity index (χ1v) is 6.16. The van der Waals surface area contributed by atoms with Crippen molar-refractivity contribution < 1.29 is 19.5 Å². The van der Waals surface area contributed by atoms with Crippen molar-refractivity contribution in [3.05, 3.63) is 0 Å². The van der Waals surface area contributed by atoms with Crippen molar-refractivity contribution in [2.45, 2.75) is 25.7 Å². The lowest BCUT2D eigenvalue weighted by Gasteiger charge is -2.19. The molecule has 4 unspecified atom stereocenters. The molecule has 92 valence electrons. The van der Waals surface area contributed by atoms with Gasteiger partial charge in [0.15, 0.2) is 0 Å². The Morgan fingerprint density at radius 3 is 2.18 bits per heavy atom. The average Bonchev–Trinajstić information content (AvgIpc) is 2.92. The van der Waals surface area contributed by atoms with Gasteiger partial charge in [-0.15, -0.1) is 0 Å². The molecule has 1 saturated heterocycles. The molecular formula is C12H15NO4. The first-order valence-electron chi connectivity index (χ1n) is 6.16. The Hall–Kier alpha value is -1.39. The zero-order valence-electron chi connectivity index (χ0n) is 9.46. The number of carboxylic acids is 1. The number of carbonyl (C=O) groups is 3. The molecule has 2 saturated carbocycles. The number of carbonyl (C=O) groups excluding carboxylic acids is 2. The van der Waals surface area contributed by atoms with Crippen molar-refractivity contribution in [2.75, 3.05) is 6.54 Å². The number of imide groups is 1. The van der Waals surface area contributed by atoms with Gasteiger partial charge in [0.1, 0.15) is 0 Å². The minimum atomic E-state index is -0.967. The van der Waals surface area contributed by atoms with Crippen molar-refractivity contribution in [1.82, 2.24) is 4.90 Å². The molecule has 0 aromatic heterocycles. The van der Waals surface area contributed by atoms with E-state index in [2.05, 4.69) is 0 Å². The van der Waals surface area contributed by atoms with Crippen molar-refractivity contribution in [3.63, 3.8) is 0 Å². The number of likely N-dealkylation sites (tertiary alicyclic amines) is 1. The van der Waals surface area contributed by atoms with Gasteiger partial charge in [-0.2, -0.15) is 0 Å². The summed E-state index contributed by atoms with van der Waals surface area (Å²) in [5, 5.41) is 8.62. The van der Waals surface area contributed by atoms with E-state index in [0.29, 0.717) is 11.8 Å². The molecule has 2 bridgehead atoms. The first kappa shape index (κ1) is 10.7. The molecule has 0 spiro atoms. The highest BCUT2D eigenvalue weighted by molar-refractivity contribution is 6.06. The molecule has 5 heteroatoms. The Morgan fingerprint density at radius 2 is 1.71 bits per heavy atom. The maximum absolute atomic E-state index is 12.1. The van der Waals surface area contributed by atoms with Crippen molar-refractivity contribution in [3.8, 4) is 0 Å². The quantitative estimate of drug-likeness (QED) is 0.725. The van der Waals surface area contributed by atoms with Crippen molar-refractivity contribution >= 4 is 17.8 Å². The van der Waals surface area contributed by atoms with Crippen LogP contribution in [0.4, 0.5) is 0 Å². The molecule has 2 aliphatic carbocycles. The van der Waals surface area contributed by atoms with E-state index < -0.39 is 5.97 Å². The summed E-state index contributed by atoms with van der Waals surface area (Å²) in [6, 6.07) is 0. The van der Waals surface area contributed by atoms with Gasteiger partial charge in [-0.3, -0.25) is 19.3 Å². The Balaban J connectivity index is 1.78. The molecule has 4 atom stereocenters. The lowest BCUT2D eigenvalue weighted by molar-refractivity contribution is -0.142. The number of amides is 2. The second kappa shape index (κ2) is 3.55. The smallest absolute Gasteiger partial charge is 0.305 e. The summed E-state index contributed by atoms with van der Waals surface area (Å²) in [6.07, 6.45) is 2.97. The second-order valence-corrected chi connectivity index (χ2v) is 5.36. The molecule has 0 radical (unpaired) electrons. The molecule has 0 aromatic carbocycles. The van der Waals surface area contributed by atoms with Crippen LogP contribution >= 0.6 is 0 Å². The highest BCUT2D eigenvalue weighted by Crippen LogP contribution is 2.56. The third-order valence-corrected chi connectivity index (χ3v) is 4.57. The van der Waals surface area contributed by atoms with Gasteiger partial charge in [-0.1, -0.05) is 0 Å². The van der Waals surface area contributed by atoms with Gasteiger partial charge >= 0.3 is 5.97 Å². The van der Waals surface area contributed by atoms with Crippen LogP contribution in [0.3, 0.4) is 0 Å². The molecule has 1 heterocycles. The van der Waals surface area contributed by atoms with Crippen LogP contribution in [-0.2, 0) is 14.4 Å². The Labute approximate surface area is 98.8 Å². The molecule has 1 aliphatic heterocycles. The SMILES string of the molecule is O=C(O)CCN1C(=O)C2C3CCC(C3)C2C1=O. The van der Waals surface area contributed by atoms with Gasteiger partial charge in [-0.05, 0) is 31.1 Å². The maximum Gasteiger partial charge on any atom is 0.305 e. The predicted octanol–water partition coefficient (Wildman–Crippen LogP) is 0.492. The monoisotopic (exact) mass is 237 g/mol. The van der Waals surface area contributed by atoms with Gasteiger partial charge in [-0.25, -0.2) is 0 Å². The van der Waals surface area contributed by atoms with Crippen molar-refractivity contribution in [2.24, 2.45) is 23.7 Å². The van der Waals surface area contributed by atoms with E-state index in [9.17, 15) is 14.4 Å². The minimum Gasteiger partial charge on any atom is -0.481 e. The maximum atomic E-state index is 12.1. The molecule has 2 amide bonds. The third kappa shape index (κ3) is 1.41. The fourth-order valence-electron chi connectivity index (χ4n) is 3.90. The molecule has 3 rings (SSSR count). The molecule has 5 nitrogen and oxygen atoms in total. The van der Waals surface area contributed by atoms with Gasteiger partial charge in [0.25, 0.3) is 0 Å². The number of hydrogen-bond donors (Lipinski definition) is 1. The van der Waals surface area contributed by atoms with Gasteiger partial charge < -0.3 is 5.11 Å². The number of aliphatic carboxylic acids is 1. The third-order valence-electron chi connectivity index (χ3n) is 4.57. The molecule has 3 aliphatic rings. The minimum absolute atomic E-state index is 0.0411.